The number of rotatable bonds is 7. The number of hydrogen-bond donors (Lipinski definition) is 1. The van der Waals surface area contributed by atoms with Crippen molar-refractivity contribution >= 4 is 32.3 Å². The molecule has 1 unspecified atom stereocenters. The first-order valence-electron chi connectivity index (χ1n) is 13.2. The molecule has 35 heavy (non-hydrogen) atoms. The van der Waals surface area contributed by atoms with Crippen LogP contribution in [0.4, 0.5) is 9.93 Å². The highest BCUT2D eigenvalue weighted by Crippen LogP contribution is 2.34. The Kier molecular flexibility index (Phi) is 8.89. The van der Waals surface area contributed by atoms with E-state index in [1.807, 2.05) is 11.9 Å². The molecule has 3 fully saturated rings. The Morgan fingerprint density at radius 2 is 1.60 bits per heavy atom. The second-order valence-electron chi connectivity index (χ2n) is 10.3. The fourth-order valence-electron chi connectivity index (χ4n) is 5.86. The lowest BCUT2D eigenvalue weighted by atomic mass is 9.89. The first-order chi connectivity index (χ1) is 16.8. The monoisotopic (exact) mass is 523 g/mol. The first kappa shape index (κ1) is 26.6. The van der Waals surface area contributed by atoms with Crippen molar-refractivity contribution in [1.29, 1.82) is 0 Å². The maximum atomic E-state index is 13.6. The van der Waals surface area contributed by atoms with Crippen LogP contribution < -0.4 is 5.32 Å². The summed E-state index contributed by atoms with van der Waals surface area (Å²) in [6, 6.07) is 0.401. The molecule has 2 aliphatic carbocycles. The van der Waals surface area contributed by atoms with E-state index in [4.69, 9.17) is 0 Å². The number of aryl methyl sites for hydroxylation is 1. The third-order valence-corrected chi connectivity index (χ3v) is 11.6. The van der Waals surface area contributed by atoms with Gasteiger partial charge < -0.3 is 9.80 Å². The predicted octanol–water partition coefficient (Wildman–Crippen LogP) is 4.48. The summed E-state index contributed by atoms with van der Waals surface area (Å²) in [5.74, 6) is 0. The number of amides is 2. The van der Waals surface area contributed by atoms with Gasteiger partial charge in [-0.2, -0.15) is 0 Å². The molecule has 2 amide bonds. The Morgan fingerprint density at radius 3 is 2.11 bits per heavy atom. The topological polar surface area (TPSA) is 85.8 Å². The molecule has 10 heteroatoms. The lowest BCUT2D eigenvalue weighted by Crippen LogP contribution is -2.50. The van der Waals surface area contributed by atoms with E-state index >= 15 is 0 Å². The lowest BCUT2D eigenvalue weighted by Gasteiger charge is -2.41. The van der Waals surface area contributed by atoms with Gasteiger partial charge in [0.2, 0.25) is 9.84 Å². The molecule has 1 aliphatic heterocycles. The van der Waals surface area contributed by atoms with Crippen molar-refractivity contribution in [3.8, 4) is 0 Å². The number of nitrogens with one attached hydrogen (secondary N) is 1. The van der Waals surface area contributed by atoms with E-state index in [-0.39, 0.29) is 22.3 Å². The zero-order valence-electron chi connectivity index (χ0n) is 21.2. The number of aromatic nitrogens is 1. The van der Waals surface area contributed by atoms with Gasteiger partial charge in [0.25, 0.3) is 0 Å². The molecule has 1 aromatic heterocycles. The molecular weight excluding hydrogens is 482 g/mol. The van der Waals surface area contributed by atoms with E-state index in [2.05, 4.69) is 26.7 Å². The quantitative estimate of drug-likeness (QED) is 0.530. The molecule has 1 aromatic rings. The highest BCUT2D eigenvalue weighted by molar-refractivity contribution is 7.94. The highest BCUT2D eigenvalue weighted by atomic mass is 32.2. The second kappa shape index (κ2) is 11.7. The van der Waals surface area contributed by atoms with Crippen LogP contribution in [-0.2, 0) is 9.84 Å². The molecule has 0 bridgehead atoms. The van der Waals surface area contributed by atoms with Gasteiger partial charge in [0.1, 0.15) is 9.58 Å². The summed E-state index contributed by atoms with van der Waals surface area (Å²) in [7, 11) is -1.65. The molecule has 2 heterocycles. The number of urea groups is 1. The Labute approximate surface area is 214 Å². The molecular formula is C25H41N5O3S2. The Morgan fingerprint density at radius 1 is 1.06 bits per heavy atom. The van der Waals surface area contributed by atoms with E-state index in [1.54, 1.807) is 6.92 Å². The SMILES string of the molecule is C=CC(N1CCN(C)CC1)S(=O)(=O)c1sc(NC(=O)N(C2CCCCC2)C2CCCCC2)nc1C. The van der Waals surface area contributed by atoms with Gasteiger partial charge >= 0.3 is 6.03 Å². The molecule has 196 valence electrons. The van der Waals surface area contributed by atoms with Crippen LogP contribution in [0.3, 0.4) is 0 Å². The standard InChI is InChI=1S/C25H41N5O3S2/c1-4-22(29-17-15-28(3)16-18-29)35(32,33)23-19(2)26-24(34-23)27-25(31)30(20-11-7-5-8-12-20)21-13-9-6-10-14-21/h4,20-22H,1,5-18H2,2-3H3,(H,26,27,31). The van der Waals surface area contributed by atoms with Crippen molar-refractivity contribution in [3.63, 3.8) is 0 Å². The van der Waals surface area contributed by atoms with Crippen LogP contribution in [0.1, 0.15) is 69.9 Å². The molecule has 2 saturated carbocycles. The van der Waals surface area contributed by atoms with Crippen LogP contribution in [0.2, 0.25) is 0 Å². The fourth-order valence-corrected chi connectivity index (χ4v) is 9.08. The highest BCUT2D eigenvalue weighted by Gasteiger charge is 2.36. The molecule has 8 nitrogen and oxygen atoms in total. The zero-order chi connectivity index (χ0) is 25.0. The molecule has 0 radical (unpaired) electrons. The van der Waals surface area contributed by atoms with Crippen LogP contribution in [0.25, 0.3) is 0 Å². The number of nitrogens with zero attached hydrogens (tertiary/aromatic N) is 4. The maximum absolute atomic E-state index is 13.6. The van der Waals surface area contributed by atoms with E-state index in [0.29, 0.717) is 23.9 Å². The number of likely N-dealkylation sites (N-methyl/N-ethyl adjacent to an activating group) is 1. The summed E-state index contributed by atoms with van der Waals surface area (Å²) in [5, 5.41) is 2.57. The van der Waals surface area contributed by atoms with Crippen molar-refractivity contribution in [2.75, 3.05) is 38.5 Å². The summed E-state index contributed by atoms with van der Waals surface area (Å²) >= 11 is 1.07. The van der Waals surface area contributed by atoms with Crippen LogP contribution >= 0.6 is 11.3 Å². The summed E-state index contributed by atoms with van der Waals surface area (Å²) in [6.07, 6.45) is 12.8. The molecule has 4 rings (SSSR count). The Bertz CT molecular complexity index is 957. The third kappa shape index (κ3) is 6.09. The summed E-state index contributed by atoms with van der Waals surface area (Å²) in [4.78, 5) is 24.3. The average Bonchev–Trinajstić information content (AvgIpc) is 3.23. The predicted molar refractivity (Wildman–Crippen MR) is 142 cm³/mol. The third-order valence-electron chi connectivity index (χ3n) is 7.81. The first-order valence-corrected chi connectivity index (χ1v) is 15.5. The molecule has 3 aliphatic rings. The van der Waals surface area contributed by atoms with Gasteiger partial charge in [-0.15, -0.1) is 6.58 Å². The van der Waals surface area contributed by atoms with Crippen molar-refractivity contribution in [2.45, 2.75) is 92.8 Å². The number of hydrogen-bond acceptors (Lipinski definition) is 7. The average molecular weight is 524 g/mol. The van der Waals surface area contributed by atoms with Crippen molar-refractivity contribution in [3.05, 3.63) is 18.3 Å². The van der Waals surface area contributed by atoms with Crippen molar-refractivity contribution < 1.29 is 13.2 Å². The minimum atomic E-state index is -3.69. The molecule has 0 spiro atoms. The zero-order valence-corrected chi connectivity index (χ0v) is 22.9. The molecule has 0 aromatic carbocycles. The van der Waals surface area contributed by atoms with E-state index in [9.17, 15) is 13.2 Å². The van der Waals surface area contributed by atoms with Gasteiger partial charge in [-0.3, -0.25) is 10.2 Å². The van der Waals surface area contributed by atoms with Gasteiger partial charge in [-0.25, -0.2) is 18.2 Å². The van der Waals surface area contributed by atoms with Gasteiger partial charge in [0.15, 0.2) is 5.13 Å². The van der Waals surface area contributed by atoms with Crippen molar-refractivity contribution in [2.24, 2.45) is 0 Å². The molecule has 1 saturated heterocycles. The minimum Gasteiger partial charge on any atom is -0.319 e. The van der Waals surface area contributed by atoms with Gasteiger partial charge in [-0.1, -0.05) is 55.9 Å². The number of anilines is 1. The molecule has 1 atom stereocenters. The van der Waals surface area contributed by atoms with E-state index in [0.717, 1.165) is 75.8 Å². The normalized spacial score (nSPS) is 22.6. The summed E-state index contributed by atoms with van der Waals surface area (Å²) < 4.78 is 27.4. The van der Waals surface area contributed by atoms with E-state index in [1.165, 1.54) is 18.9 Å². The van der Waals surface area contributed by atoms with Crippen LogP contribution in [-0.4, -0.2) is 84.8 Å². The smallest absolute Gasteiger partial charge is 0.319 e. The number of carbonyl (C=O) groups is 1. The van der Waals surface area contributed by atoms with Gasteiger partial charge in [-0.05, 0) is 39.7 Å². The number of piperazine rings is 1. The van der Waals surface area contributed by atoms with Gasteiger partial charge in [0, 0.05) is 38.3 Å². The van der Waals surface area contributed by atoms with Crippen LogP contribution in [0.5, 0.6) is 0 Å². The largest absolute Gasteiger partial charge is 0.324 e. The Hall–Kier alpha value is -1.49. The second-order valence-corrected chi connectivity index (χ2v) is 13.6. The number of sulfone groups is 1. The minimum absolute atomic E-state index is 0.124. The number of thiazole rings is 1. The molecule has 1 N–H and O–H groups in total. The van der Waals surface area contributed by atoms with Crippen LogP contribution in [0, 0.1) is 6.92 Å². The number of carbonyl (C=O) groups excluding carboxylic acids is 1. The van der Waals surface area contributed by atoms with Gasteiger partial charge in [0.05, 0.1) is 5.69 Å². The Balaban J connectivity index is 1.52. The summed E-state index contributed by atoms with van der Waals surface area (Å²) in [5.41, 5.74) is 0.438. The fraction of sp³-hybridized carbons (Fsp3) is 0.760. The lowest BCUT2D eigenvalue weighted by molar-refractivity contribution is 0.114. The summed E-state index contributed by atoms with van der Waals surface area (Å²) in [6.45, 7) is 8.53. The maximum Gasteiger partial charge on any atom is 0.324 e. The van der Waals surface area contributed by atoms with Crippen molar-refractivity contribution in [1.82, 2.24) is 19.7 Å². The van der Waals surface area contributed by atoms with E-state index < -0.39 is 15.2 Å². The van der Waals surface area contributed by atoms with Crippen LogP contribution in [0.15, 0.2) is 16.9 Å².